The highest BCUT2D eigenvalue weighted by molar-refractivity contribution is 7.90. The molecule has 0 aliphatic heterocycles. The molecule has 0 fully saturated rings. The van der Waals surface area contributed by atoms with Gasteiger partial charge in [-0.05, 0) is 18.2 Å². The highest BCUT2D eigenvalue weighted by atomic mass is 35.5. The van der Waals surface area contributed by atoms with Crippen LogP contribution in [-0.2, 0) is 21.1 Å². The maximum Gasteiger partial charge on any atom is 0.175 e. The highest BCUT2D eigenvalue weighted by Gasteiger charge is 2.16. The second-order valence-corrected chi connectivity index (χ2v) is 8.63. The van der Waals surface area contributed by atoms with Crippen LogP contribution >= 0.6 is 11.6 Å². The van der Waals surface area contributed by atoms with E-state index in [-0.39, 0.29) is 4.90 Å². The van der Waals surface area contributed by atoms with Crippen molar-refractivity contribution in [3.63, 3.8) is 0 Å². The minimum Gasteiger partial charge on any atom is -0.383 e. The van der Waals surface area contributed by atoms with Gasteiger partial charge >= 0.3 is 0 Å². The molecule has 0 aliphatic carbocycles. The number of anilines is 2. The number of aromatic amines is 1. The van der Waals surface area contributed by atoms with E-state index in [1.165, 1.54) is 12.3 Å². The van der Waals surface area contributed by atoms with Crippen LogP contribution in [0.25, 0.3) is 21.8 Å². The van der Waals surface area contributed by atoms with Gasteiger partial charge in [-0.15, -0.1) is 0 Å². The molecule has 0 unspecified atom stereocenters. The molecule has 0 amide bonds. The number of nitrogens with zero attached hydrogens (tertiary/aromatic N) is 4. The highest BCUT2D eigenvalue weighted by Crippen LogP contribution is 2.32. The number of fused-ring (bicyclic) bond motifs is 3. The lowest BCUT2D eigenvalue weighted by Crippen LogP contribution is -2.05. The third-order valence-corrected chi connectivity index (χ3v) is 5.84. The van der Waals surface area contributed by atoms with Crippen molar-refractivity contribution in [1.29, 1.82) is 0 Å². The molecule has 0 bridgehead atoms. The molecule has 0 saturated carbocycles. The molecule has 0 aliphatic rings. The van der Waals surface area contributed by atoms with Gasteiger partial charge in [-0.3, -0.25) is 5.10 Å². The molecule has 1 aromatic carbocycles. The summed E-state index contributed by atoms with van der Waals surface area (Å²) >= 11 is 6.39. The summed E-state index contributed by atoms with van der Waals surface area (Å²) in [5.74, 6) is 0.514. The summed E-state index contributed by atoms with van der Waals surface area (Å²) in [4.78, 5) is 4.84. The molecular formula is C17H17ClN6O3S. The van der Waals surface area contributed by atoms with Crippen molar-refractivity contribution in [3.8, 4) is 0 Å². The molecule has 9 nitrogen and oxygen atoms in total. The molecule has 0 radical (unpaired) electrons. The van der Waals surface area contributed by atoms with Crippen LogP contribution in [0.15, 0.2) is 35.5 Å². The minimum absolute atomic E-state index is 0.229. The maximum atomic E-state index is 11.9. The Morgan fingerprint density at radius 1 is 1.29 bits per heavy atom. The molecule has 11 heteroatoms. The number of methoxy groups -OCH3 is 1. The van der Waals surface area contributed by atoms with Crippen LogP contribution in [0.1, 0.15) is 0 Å². The number of pyridine rings is 1. The van der Waals surface area contributed by atoms with E-state index in [0.717, 1.165) is 5.39 Å². The third-order valence-electron chi connectivity index (χ3n) is 4.33. The summed E-state index contributed by atoms with van der Waals surface area (Å²) in [5, 5.41) is 16.3. The first-order chi connectivity index (χ1) is 13.4. The Bertz CT molecular complexity index is 1280. The molecule has 4 aromatic rings. The van der Waals surface area contributed by atoms with E-state index in [4.69, 9.17) is 16.3 Å². The molecule has 146 valence electrons. The first kappa shape index (κ1) is 18.7. The van der Waals surface area contributed by atoms with E-state index >= 15 is 0 Å². The molecular weight excluding hydrogens is 404 g/mol. The average Bonchev–Trinajstić information content (AvgIpc) is 3.27. The van der Waals surface area contributed by atoms with Gasteiger partial charge in [0.25, 0.3) is 0 Å². The Labute approximate surface area is 165 Å². The third kappa shape index (κ3) is 3.30. The largest absolute Gasteiger partial charge is 0.383 e. The van der Waals surface area contributed by atoms with Gasteiger partial charge in [0.2, 0.25) is 0 Å². The number of aromatic nitrogens is 5. The Morgan fingerprint density at radius 2 is 2.11 bits per heavy atom. The molecule has 28 heavy (non-hydrogen) atoms. The van der Waals surface area contributed by atoms with Crippen molar-refractivity contribution < 1.29 is 13.2 Å². The zero-order chi connectivity index (χ0) is 19.9. The lowest BCUT2D eigenvalue weighted by atomic mass is 10.1. The quantitative estimate of drug-likeness (QED) is 0.492. The molecule has 0 spiro atoms. The van der Waals surface area contributed by atoms with Crippen molar-refractivity contribution in [2.75, 3.05) is 25.3 Å². The first-order valence-corrected chi connectivity index (χ1v) is 10.6. The molecule has 2 N–H and O–H groups in total. The van der Waals surface area contributed by atoms with Gasteiger partial charge in [-0.25, -0.2) is 18.1 Å². The number of rotatable bonds is 6. The molecule has 4 rings (SSSR count). The van der Waals surface area contributed by atoms with Gasteiger partial charge < -0.3 is 10.1 Å². The monoisotopic (exact) mass is 420 g/mol. The van der Waals surface area contributed by atoms with Crippen LogP contribution in [-0.4, -0.2) is 53.4 Å². The number of hydrogen-bond acceptors (Lipinski definition) is 7. The van der Waals surface area contributed by atoms with E-state index in [1.54, 1.807) is 36.3 Å². The molecule has 0 atom stereocenters. The number of H-pyrrole nitrogens is 1. The van der Waals surface area contributed by atoms with Crippen LogP contribution in [0, 0.1) is 0 Å². The second-order valence-electron chi connectivity index (χ2n) is 6.26. The van der Waals surface area contributed by atoms with E-state index in [0.29, 0.717) is 46.2 Å². The maximum absolute atomic E-state index is 11.9. The number of hydrogen-bond donors (Lipinski definition) is 2. The second kappa shape index (κ2) is 7.04. The van der Waals surface area contributed by atoms with Gasteiger partial charge in [0.05, 0.1) is 41.6 Å². The fourth-order valence-electron chi connectivity index (χ4n) is 2.91. The predicted octanol–water partition coefficient (Wildman–Crippen LogP) is 2.75. The van der Waals surface area contributed by atoms with E-state index in [9.17, 15) is 8.42 Å². The zero-order valence-electron chi connectivity index (χ0n) is 15.1. The van der Waals surface area contributed by atoms with Crippen molar-refractivity contribution in [2.45, 2.75) is 11.4 Å². The van der Waals surface area contributed by atoms with Gasteiger partial charge in [-0.1, -0.05) is 11.6 Å². The number of ether oxygens (including phenoxy) is 1. The van der Waals surface area contributed by atoms with Gasteiger partial charge in [0.15, 0.2) is 20.8 Å². The minimum atomic E-state index is -3.33. The SMILES string of the molecule is COCCn1ncc(Nc2nc3ccc(S(C)(=O)=O)cc3c3cn[nH]c23)c1Cl. The average molecular weight is 421 g/mol. The van der Waals surface area contributed by atoms with Crippen LogP contribution < -0.4 is 5.32 Å². The molecule has 3 aromatic heterocycles. The summed E-state index contributed by atoms with van der Waals surface area (Å²) in [5.41, 5.74) is 1.86. The number of benzene rings is 1. The summed E-state index contributed by atoms with van der Waals surface area (Å²) in [6, 6.07) is 4.82. The summed E-state index contributed by atoms with van der Waals surface area (Å²) in [6.07, 6.45) is 4.42. The fourth-order valence-corrected chi connectivity index (χ4v) is 3.78. The van der Waals surface area contributed by atoms with Crippen molar-refractivity contribution in [1.82, 2.24) is 25.0 Å². The topological polar surface area (TPSA) is 115 Å². The van der Waals surface area contributed by atoms with Crippen molar-refractivity contribution in [2.24, 2.45) is 0 Å². The van der Waals surface area contributed by atoms with Crippen LogP contribution in [0.4, 0.5) is 11.5 Å². The molecule has 3 heterocycles. The van der Waals surface area contributed by atoms with Crippen molar-refractivity contribution >= 4 is 54.7 Å². The number of sulfone groups is 1. The lowest BCUT2D eigenvalue weighted by molar-refractivity contribution is 0.183. The number of nitrogens with one attached hydrogen (secondary N) is 2. The summed E-state index contributed by atoms with van der Waals surface area (Å²) in [6.45, 7) is 1.01. The van der Waals surface area contributed by atoms with Crippen LogP contribution in [0.2, 0.25) is 5.15 Å². The summed E-state index contributed by atoms with van der Waals surface area (Å²) in [7, 11) is -1.72. The lowest BCUT2D eigenvalue weighted by Gasteiger charge is -2.09. The Balaban J connectivity index is 1.80. The van der Waals surface area contributed by atoms with Gasteiger partial charge in [0.1, 0.15) is 5.52 Å². The smallest absolute Gasteiger partial charge is 0.175 e. The fraction of sp³-hybridized carbons (Fsp3) is 0.235. The Kier molecular flexibility index (Phi) is 4.69. The van der Waals surface area contributed by atoms with Crippen LogP contribution in [0.5, 0.6) is 0 Å². The zero-order valence-corrected chi connectivity index (χ0v) is 16.7. The van der Waals surface area contributed by atoms with E-state index in [2.05, 4.69) is 25.6 Å². The Hall–Kier alpha value is -2.69. The van der Waals surface area contributed by atoms with Crippen molar-refractivity contribution in [3.05, 3.63) is 35.7 Å². The predicted molar refractivity (Wildman–Crippen MR) is 107 cm³/mol. The standard InChI is InChI=1S/C17H17ClN6O3S/c1-27-6-5-24-16(18)14(9-20-24)22-17-15-12(8-19-23-15)11-7-10(28(2,25)26)3-4-13(11)21-17/h3-4,7-9H,5-6H2,1-2H3,(H,19,23)(H,21,22). The first-order valence-electron chi connectivity index (χ1n) is 8.32. The van der Waals surface area contributed by atoms with E-state index < -0.39 is 9.84 Å². The van der Waals surface area contributed by atoms with Crippen LogP contribution in [0.3, 0.4) is 0 Å². The van der Waals surface area contributed by atoms with Gasteiger partial charge in [0, 0.05) is 24.1 Å². The molecule has 0 saturated heterocycles. The Morgan fingerprint density at radius 3 is 2.86 bits per heavy atom. The normalized spacial score (nSPS) is 12.1. The summed E-state index contributed by atoms with van der Waals surface area (Å²) < 4.78 is 30.4. The van der Waals surface area contributed by atoms with E-state index in [1.807, 2.05) is 0 Å². The van der Waals surface area contributed by atoms with Gasteiger partial charge in [-0.2, -0.15) is 10.2 Å². The number of halogens is 1.